The van der Waals surface area contributed by atoms with Gasteiger partial charge in [0.2, 0.25) is 0 Å². The van der Waals surface area contributed by atoms with Crippen molar-refractivity contribution in [1.29, 1.82) is 0 Å². The number of pyridine rings is 1. The Hall–Kier alpha value is -1.19. The highest BCUT2D eigenvalue weighted by Gasteiger charge is 2.18. The number of aryl methyl sites for hydroxylation is 2. The predicted molar refractivity (Wildman–Crippen MR) is 85.8 cm³/mol. The molecule has 0 fully saturated rings. The summed E-state index contributed by atoms with van der Waals surface area (Å²) in [6, 6.07) is 9.35. The maximum absolute atomic E-state index is 4.15. The molecule has 0 bridgehead atoms. The van der Waals surface area contributed by atoms with E-state index in [1.807, 2.05) is 12.4 Å². The number of nitrogens with one attached hydrogen (secondary N) is 1. The highest BCUT2D eigenvalue weighted by Crippen LogP contribution is 2.25. The quantitative estimate of drug-likeness (QED) is 0.925. The molecular formula is C17H19BrN2. The van der Waals surface area contributed by atoms with E-state index in [-0.39, 0.29) is 0 Å². The third kappa shape index (κ3) is 3.10. The molecule has 0 saturated carbocycles. The van der Waals surface area contributed by atoms with Gasteiger partial charge in [-0.25, -0.2) is 0 Å². The maximum atomic E-state index is 4.15. The summed E-state index contributed by atoms with van der Waals surface area (Å²) in [7, 11) is 0. The molecule has 0 radical (unpaired) electrons. The molecule has 0 spiro atoms. The van der Waals surface area contributed by atoms with Crippen molar-refractivity contribution in [3.63, 3.8) is 0 Å². The van der Waals surface area contributed by atoms with Gasteiger partial charge in [0.05, 0.1) is 0 Å². The first-order valence-electron chi connectivity index (χ1n) is 7.12. The molecule has 104 valence electrons. The van der Waals surface area contributed by atoms with Crippen LogP contribution in [0.15, 0.2) is 41.1 Å². The summed E-state index contributed by atoms with van der Waals surface area (Å²) in [5.41, 5.74) is 5.60. The maximum Gasteiger partial charge on any atom is 0.0300 e. The van der Waals surface area contributed by atoms with E-state index < -0.39 is 0 Å². The summed E-state index contributed by atoms with van der Waals surface area (Å²) in [6.45, 7) is 3.06. The van der Waals surface area contributed by atoms with E-state index in [1.165, 1.54) is 39.6 Å². The Kier molecular flexibility index (Phi) is 4.18. The molecule has 1 aromatic carbocycles. The molecule has 3 rings (SSSR count). The Balaban J connectivity index is 1.63. The second kappa shape index (κ2) is 6.06. The van der Waals surface area contributed by atoms with Crippen LogP contribution in [0, 0.1) is 6.92 Å². The first-order chi connectivity index (χ1) is 9.72. The van der Waals surface area contributed by atoms with Crippen LogP contribution in [0.3, 0.4) is 0 Å². The molecule has 2 nitrogen and oxygen atoms in total. The topological polar surface area (TPSA) is 24.9 Å². The van der Waals surface area contributed by atoms with Gasteiger partial charge < -0.3 is 5.32 Å². The second-order valence-corrected chi connectivity index (χ2v) is 6.45. The number of hydrogen-bond donors (Lipinski definition) is 1. The number of rotatable bonds is 3. The van der Waals surface area contributed by atoms with Crippen LogP contribution in [0.5, 0.6) is 0 Å². The van der Waals surface area contributed by atoms with E-state index in [4.69, 9.17) is 0 Å². The van der Waals surface area contributed by atoms with Gasteiger partial charge in [-0.15, -0.1) is 0 Å². The lowest BCUT2D eigenvalue weighted by atomic mass is 9.88. The van der Waals surface area contributed by atoms with Crippen LogP contribution in [0.2, 0.25) is 0 Å². The summed E-state index contributed by atoms with van der Waals surface area (Å²) in [5, 5.41) is 3.69. The summed E-state index contributed by atoms with van der Waals surface area (Å²) in [5.74, 6) is 0. The number of benzene rings is 1. The first-order valence-corrected chi connectivity index (χ1v) is 7.92. The zero-order chi connectivity index (χ0) is 13.9. The summed E-state index contributed by atoms with van der Waals surface area (Å²) >= 11 is 3.55. The number of fused-ring (bicyclic) bond motifs is 1. The van der Waals surface area contributed by atoms with Crippen molar-refractivity contribution in [3.05, 3.63) is 63.4 Å². The monoisotopic (exact) mass is 330 g/mol. The standard InChI is InChI=1S/C17H19BrN2/c1-12-10-19-7-6-15(12)11-20-17-5-3-13-8-16(18)4-2-14(13)9-17/h2,4,6-8,10,17,20H,3,5,9,11H2,1H3. The molecular weight excluding hydrogens is 312 g/mol. The molecule has 1 N–H and O–H groups in total. The molecule has 1 atom stereocenters. The first kappa shape index (κ1) is 13.8. The average molecular weight is 331 g/mol. The number of halogens is 1. The van der Waals surface area contributed by atoms with E-state index >= 15 is 0 Å². The Morgan fingerprint density at radius 2 is 2.20 bits per heavy atom. The van der Waals surface area contributed by atoms with Gasteiger partial charge >= 0.3 is 0 Å². The second-order valence-electron chi connectivity index (χ2n) is 5.54. The number of nitrogens with zero attached hydrogens (tertiary/aromatic N) is 1. The van der Waals surface area contributed by atoms with Gasteiger partial charge in [-0.05, 0) is 66.6 Å². The SMILES string of the molecule is Cc1cnccc1CNC1CCc2cc(Br)ccc2C1. The Morgan fingerprint density at radius 1 is 1.30 bits per heavy atom. The van der Waals surface area contributed by atoms with Gasteiger partial charge in [0.15, 0.2) is 0 Å². The van der Waals surface area contributed by atoms with Crippen LogP contribution in [-0.2, 0) is 19.4 Å². The van der Waals surface area contributed by atoms with E-state index in [1.54, 1.807) is 0 Å². The zero-order valence-electron chi connectivity index (χ0n) is 11.7. The van der Waals surface area contributed by atoms with E-state index in [2.05, 4.69) is 57.4 Å². The van der Waals surface area contributed by atoms with Crippen molar-refractivity contribution in [3.8, 4) is 0 Å². The Morgan fingerprint density at radius 3 is 3.05 bits per heavy atom. The molecule has 1 aliphatic carbocycles. The van der Waals surface area contributed by atoms with Crippen LogP contribution >= 0.6 is 15.9 Å². The van der Waals surface area contributed by atoms with Crippen LogP contribution in [-0.4, -0.2) is 11.0 Å². The van der Waals surface area contributed by atoms with Gasteiger partial charge in [-0.2, -0.15) is 0 Å². The van der Waals surface area contributed by atoms with Gasteiger partial charge in [0, 0.05) is 29.5 Å². The molecule has 1 aromatic heterocycles. The smallest absolute Gasteiger partial charge is 0.0300 e. The molecule has 1 heterocycles. The fourth-order valence-corrected chi connectivity index (χ4v) is 3.26. The molecule has 3 heteroatoms. The Bertz CT molecular complexity index is 610. The van der Waals surface area contributed by atoms with E-state index in [9.17, 15) is 0 Å². The third-order valence-electron chi connectivity index (χ3n) is 4.11. The summed E-state index contributed by atoms with van der Waals surface area (Å²) in [4.78, 5) is 4.15. The van der Waals surface area contributed by atoms with Gasteiger partial charge in [-0.1, -0.05) is 22.0 Å². The number of hydrogen-bond acceptors (Lipinski definition) is 2. The molecule has 0 amide bonds. The van der Waals surface area contributed by atoms with Crippen LogP contribution in [0.1, 0.15) is 28.7 Å². The molecule has 0 aliphatic heterocycles. The lowest BCUT2D eigenvalue weighted by Gasteiger charge is -2.26. The highest BCUT2D eigenvalue weighted by molar-refractivity contribution is 9.10. The summed E-state index contributed by atoms with van der Waals surface area (Å²) < 4.78 is 1.19. The van der Waals surface area contributed by atoms with Gasteiger partial charge in [-0.3, -0.25) is 4.98 Å². The van der Waals surface area contributed by atoms with Crippen LogP contribution < -0.4 is 5.32 Å². The number of aromatic nitrogens is 1. The predicted octanol–water partition coefficient (Wildman–Crippen LogP) is 3.80. The highest BCUT2D eigenvalue weighted by atomic mass is 79.9. The van der Waals surface area contributed by atoms with E-state index in [0.29, 0.717) is 6.04 Å². The molecule has 1 unspecified atom stereocenters. The fraction of sp³-hybridized carbons (Fsp3) is 0.353. The fourth-order valence-electron chi connectivity index (χ4n) is 2.85. The van der Waals surface area contributed by atoms with Crippen molar-refractivity contribution in [1.82, 2.24) is 10.3 Å². The largest absolute Gasteiger partial charge is 0.310 e. The lowest BCUT2D eigenvalue weighted by molar-refractivity contribution is 0.457. The van der Waals surface area contributed by atoms with Crippen molar-refractivity contribution in [2.24, 2.45) is 0 Å². The Labute approximate surface area is 128 Å². The molecule has 2 aromatic rings. The van der Waals surface area contributed by atoms with Gasteiger partial charge in [0.25, 0.3) is 0 Å². The van der Waals surface area contributed by atoms with E-state index in [0.717, 1.165) is 13.0 Å². The van der Waals surface area contributed by atoms with Crippen molar-refractivity contribution in [2.45, 2.75) is 38.8 Å². The van der Waals surface area contributed by atoms with Crippen LogP contribution in [0.4, 0.5) is 0 Å². The third-order valence-corrected chi connectivity index (χ3v) is 4.61. The summed E-state index contributed by atoms with van der Waals surface area (Å²) in [6.07, 6.45) is 7.32. The normalized spacial score (nSPS) is 17.8. The van der Waals surface area contributed by atoms with Crippen molar-refractivity contribution in [2.75, 3.05) is 0 Å². The van der Waals surface area contributed by atoms with Crippen molar-refractivity contribution < 1.29 is 0 Å². The minimum Gasteiger partial charge on any atom is -0.310 e. The minimum absolute atomic E-state index is 0.580. The minimum atomic E-state index is 0.580. The zero-order valence-corrected chi connectivity index (χ0v) is 13.3. The van der Waals surface area contributed by atoms with Crippen LogP contribution in [0.25, 0.3) is 0 Å². The van der Waals surface area contributed by atoms with Crippen molar-refractivity contribution >= 4 is 15.9 Å². The lowest BCUT2D eigenvalue weighted by Crippen LogP contribution is -2.34. The molecule has 0 saturated heterocycles. The average Bonchev–Trinajstić information content (AvgIpc) is 2.46. The molecule has 20 heavy (non-hydrogen) atoms. The molecule has 1 aliphatic rings. The van der Waals surface area contributed by atoms with Gasteiger partial charge in [0.1, 0.15) is 0 Å².